The molecule has 0 aliphatic rings. The van der Waals surface area contributed by atoms with Gasteiger partial charge in [0.2, 0.25) is 11.8 Å². The molecule has 3 aromatic rings. The SMILES string of the molecule is CC(C)CNC(=O)[C@@H](C)N(Cc1ccc(Cl)c(Cl)c1)C(=O)CN(c1cc(Cl)cc(Cl)c1)S(=O)(=O)c1ccccc1. The zero-order valence-electron chi connectivity index (χ0n) is 22.1. The van der Waals surface area contributed by atoms with E-state index in [9.17, 15) is 18.0 Å². The first-order valence-electron chi connectivity index (χ1n) is 12.3. The van der Waals surface area contributed by atoms with Crippen LogP contribution >= 0.6 is 46.4 Å². The molecule has 0 saturated heterocycles. The van der Waals surface area contributed by atoms with Crippen LogP contribution in [0.3, 0.4) is 0 Å². The molecule has 12 heteroatoms. The fraction of sp³-hybridized carbons (Fsp3) is 0.286. The average molecular weight is 645 g/mol. The van der Waals surface area contributed by atoms with Crippen molar-refractivity contribution in [3.63, 3.8) is 0 Å². The van der Waals surface area contributed by atoms with Crippen LogP contribution in [0.15, 0.2) is 71.6 Å². The summed E-state index contributed by atoms with van der Waals surface area (Å²) in [7, 11) is -4.24. The van der Waals surface area contributed by atoms with Crippen LogP contribution < -0.4 is 9.62 Å². The molecule has 40 heavy (non-hydrogen) atoms. The fourth-order valence-corrected chi connectivity index (χ4v) is 6.06. The lowest BCUT2D eigenvalue weighted by molar-refractivity contribution is -0.139. The van der Waals surface area contributed by atoms with Crippen LogP contribution in [0, 0.1) is 5.92 Å². The number of carbonyl (C=O) groups is 2. The molecule has 0 aliphatic heterocycles. The minimum absolute atomic E-state index is 0.0263. The van der Waals surface area contributed by atoms with Crippen molar-refractivity contribution in [3.8, 4) is 0 Å². The van der Waals surface area contributed by atoms with Crippen LogP contribution in [0.2, 0.25) is 20.1 Å². The molecule has 3 rings (SSSR count). The molecule has 0 radical (unpaired) electrons. The zero-order chi connectivity index (χ0) is 29.6. The second kappa shape index (κ2) is 13.9. The van der Waals surface area contributed by atoms with E-state index in [4.69, 9.17) is 46.4 Å². The molecule has 0 aliphatic carbocycles. The Morgan fingerprint density at radius 3 is 2.05 bits per heavy atom. The highest BCUT2D eigenvalue weighted by atomic mass is 35.5. The number of amides is 2. The monoisotopic (exact) mass is 643 g/mol. The summed E-state index contributed by atoms with van der Waals surface area (Å²) in [5, 5.41) is 3.84. The van der Waals surface area contributed by atoms with Crippen molar-refractivity contribution in [3.05, 3.63) is 92.4 Å². The van der Waals surface area contributed by atoms with E-state index in [1.165, 1.54) is 35.2 Å². The minimum Gasteiger partial charge on any atom is -0.354 e. The van der Waals surface area contributed by atoms with Gasteiger partial charge in [-0.3, -0.25) is 13.9 Å². The largest absolute Gasteiger partial charge is 0.354 e. The molecule has 3 aromatic carbocycles. The smallest absolute Gasteiger partial charge is 0.264 e. The maximum atomic E-state index is 13.9. The number of halogens is 4. The van der Waals surface area contributed by atoms with E-state index in [2.05, 4.69) is 5.32 Å². The summed E-state index contributed by atoms with van der Waals surface area (Å²) in [6.45, 7) is 5.24. The van der Waals surface area contributed by atoms with Crippen LogP contribution in [-0.2, 0) is 26.2 Å². The van der Waals surface area contributed by atoms with Crippen molar-refractivity contribution in [1.29, 1.82) is 0 Å². The standard InChI is InChI=1S/C28H29Cl4N3O4S/c1-18(2)15-33-28(37)19(3)34(16-20-9-10-25(31)26(32)11-20)27(36)17-35(23-13-21(29)12-22(30)14-23)40(38,39)24-7-5-4-6-8-24/h4-14,18-19H,15-17H2,1-3H3,(H,33,37)/t19-/m1/s1. The van der Waals surface area contributed by atoms with Crippen molar-refractivity contribution >= 4 is 73.9 Å². The van der Waals surface area contributed by atoms with Crippen LogP contribution in [0.1, 0.15) is 26.3 Å². The second-order valence-corrected chi connectivity index (χ2v) is 13.1. The number of rotatable bonds is 11. The third-order valence-corrected chi connectivity index (χ3v) is 8.90. The number of carbonyl (C=O) groups excluding carboxylic acids is 2. The Hall–Kier alpha value is -2.49. The van der Waals surface area contributed by atoms with Crippen molar-refractivity contribution < 1.29 is 18.0 Å². The molecule has 7 nitrogen and oxygen atoms in total. The third kappa shape index (κ3) is 8.27. The molecular weight excluding hydrogens is 616 g/mol. The van der Waals surface area contributed by atoms with Crippen LogP contribution in [0.4, 0.5) is 5.69 Å². The zero-order valence-corrected chi connectivity index (χ0v) is 25.9. The van der Waals surface area contributed by atoms with Crippen molar-refractivity contribution in [2.24, 2.45) is 5.92 Å². The molecule has 0 spiro atoms. The number of hydrogen-bond acceptors (Lipinski definition) is 4. The highest BCUT2D eigenvalue weighted by molar-refractivity contribution is 7.92. The molecule has 0 unspecified atom stereocenters. The average Bonchev–Trinajstić information content (AvgIpc) is 2.90. The molecule has 0 bridgehead atoms. The number of nitrogens with one attached hydrogen (secondary N) is 1. The topological polar surface area (TPSA) is 86.8 Å². The molecule has 0 fully saturated rings. The van der Waals surface area contributed by atoms with Crippen molar-refractivity contribution in [2.75, 3.05) is 17.4 Å². The molecular formula is C28H29Cl4N3O4S. The highest BCUT2D eigenvalue weighted by Crippen LogP contribution is 2.30. The second-order valence-electron chi connectivity index (χ2n) is 9.54. The van der Waals surface area contributed by atoms with E-state index < -0.39 is 28.5 Å². The Labute approximate surface area is 255 Å². The fourth-order valence-electron chi connectivity index (χ4n) is 3.80. The quantitative estimate of drug-likeness (QED) is 0.252. The van der Waals surface area contributed by atoms with Crippen LogP contribution in [0.5, 0.6) is 0 Å². The summed E-state index contributed by atoms with van der Waals surface area (Å²) in [6, 6.07) is 15.9. The van der Waals surface area contributed by atoms with Gasteiger partial charge >= 0.3 is 0 Å². The number of anilines is 1. The molecule has 0 heterocycles. The summed E-state index contributed by atoms with van der Waals surface area (Å²) in [4.78, 5) is 28.2. The Morgan fingerprint density at radius 2 is 1.48 bits per heavy atom. The third-order valence-electron chi connectivity index (χ3n) is 5.93. The molecule has 1 N–H and O–H groups in total. The predicted molar refractivity (Wildman–Crippen MR) is 162 cm³/mol. The lowest BCUT2D eigenvalue weighted by Crippen LogP contribution is -2.51. The van der Waals surface area contributed by atoms with Gasteiger partial charge in [-0.1, -0.05) is 84.5 Å². The maximum Gasteiger partial charge on any atom is 0.264 e. The Balaban J connectivity index is 2.05. The van der Waals surface area contributed by atoms with Gasteiger partial charge in [0.1, 0.15) is 12.6 Å². The molecule has 214 valence electrons. The first-order chi connectivity index (χ1) is 18.8. The van der Waals surface area contributed by atoms with Crippen LogP contribution in [-0.4, -0.2) is 44.3 Å². The summed E-state index contributed by atoms with van der Waals surface area (Å²) in [5.74, 6) is -0.825. The summed E-state index contributed by atoms with van der Waals surface area (Å²) < 4.78 is 28.5. The van der Waals surface area contributed by atoms with Gasteiger partial charge in [0.15, 0.2) is 0 Å². The number of hydrogen-bond donors (Lipinski definition) is 1. The lowest BCUT2D eigenvalue weighted by Gasteiger charge is -2.32. The summed E-state index contributed by atoms with van der Waals surface area (Å²) in [5.41, 5.74) is 0.704. The maximum absolute atomic E-state index is 13.9. The number of sulfonamides is 1. The van der Waals surface area contributed by atoms with E-state index in [0.29, 0.717) is 17.1 Å². The van der Waals surface area contributed by atoms with Crippen molar-refractivity contribution in [2.45, 2.75) is 38.3 Å². The molecule has 0 saturated carbocycles. The summed E-state index contributed by atoms with van der Waals surface area (Å²) in [6.07, 6.45) is 0. The van der Waals surface area contributed by atoms with E-state index in [-0.39, 0.29) is 44.0 Å². The van der Waals surface area contributed by atoms with Crippen molar-refractivity contribution in [1.82, 2.24) is 10.2 Å². The highest BCUT2D eigenvalue weighted by Gasteiger charge is 2.33. The first-order valence-corrected chi connectivity index (χ1v) is 15.3. The van der Waals surface area contributed by atoms with Gasteiger partial charge < -0.3 is 10.2 Å². The van der Waals surface area contributed by atoms with E-state index in [1.807, 2.05) is 13.8 Å². The number of benzene rings is 3. The minimum atomic E-state index is -4.24. The van der Waals surface area contributed by atoms with Gasteiger partial charge in [-0.25, -0.2) is 8.42 Å². The lowest BCUT2D eigenvalue weighted by atomic mass is 10.1. The van der Waals surface area contributed by atoms with Gasteiger partial charge in [0.25, 0.3) is 10.0 Å². The van der Waals surface area contributed by atoms with E-state index in [0.717, 1.165) is 4.31 Å². The van der Waals surface area contributed by atoms with E-state index in [1.54, 1.807) is 43.3 Å². The van der Waals surface area contributed by atoms with Gasteiger partial charge in [-0.2, -0.15) is 0 Å². The van der Waals surface area contributed by atoms with Gasteiger partial charge in [-0.05, 0) is 60.9 Å². The normalized spacial score (nSPS) is 12.2. The van der Waals surface area contributed by atoms with Crippen LogP contribution in [0.25, 0.3) is 0 Å². The molecule has 2 amide bonds. The number of nitrogens with zero attached hydrogens (tertiary/aromatic N) is 2. The molecule has 0 aromatic heterocycles. The van der Waals surface area contributed by atoms with Gasteiger partial charge in [-0.15, -0.1) is 0 Å². The first kappa shape index (κ1) is 32.0. The van der Waals surface area contributed by atoms with Gasteiger partial charge in [0.05, 0.1) is 20.6 Å². The van der Waals surface area contributed by atoms with Gasteiger partial charge in [0, 0.05) is 23.1 Å². The Kier molecular flexibility index (Phi) is 11.1. The predicted octanol–water partition coefficient (Wildman–Crippen LogP) is 6.69. The Morgan fingerprint density at radius 1 is 0.850 bits per heavy atom. The van der Waals surface area contributed by atoms with E-state index >= 15 is 0 Å². The summed E-state index contributed by atoms with van der Waals surface area (Å²) >= 11 is 24.7. The Bertz CT molecular complexity index is 1450. The molecule has 1 atom stereocenters.